The average molecular weight is 420 g/mol. The molecule has 0 bridgehead atoms. The number of rotatable bonds is 5. The lowest BCUT2D eigenvalue weighted by Gasteiger charge is -2.15. The first-order valence-electron chi connectivity index (χ1n) is 7.26. The predicted molar refractivity (Wildman–Crippen MR) is 102 cm³/mol. The molecule has 2 aromatic rings. The number of benzene rings is 2. The summed E-state index contributed by atoms with van der Waals surface area (Å²) in [5.74, 6) is -0.673. The zero-order valence-electron chi connectivity index (χ0n) is 13.1. The monoisotopic (exact) mass is 418 g/mol. The molecular weight excluding hydrogens is 406 g/mol. The molecule has 2 N–H and O–H groups in total. The van der Waals surface area contributed by atoms with Crippen molar-refractivity contribution in [1.82, 2.24) is 10.6 Å². The van der Waals surface area contributed by atoms with E-state index in [0.29, 0.717) is 31.2 Å². The van der Waals surface area contributed by atoms with Crippen LogP contribution in [0.3, 0.4) is 0 Å². The van der Waals surface area contributed by atoms with Gasteiger partial charge >= 0.3 is 0 Å². The van der Waals surface area contributed by atoms with E-state index in [-0.39, 0.29) is 24.4 Å². The molecule has 0 saturated heterocycles. The molecule has 0 aliphatic rings. The summed E-state index contributed by atoms with van der Waals surface area (Å²) in [6.45, 7) is 1.98. The molecule has 0 heterocycles. The first kappa shape index (κ1) is 19.9. The Morgan fingerprint density at radius 3 is 1.64 bits per heavy atom. The van der Waals surface area contributed by atoms with Crippen molar-refractivity contribution in [3.05, 3.63) is 67.6 Å². The number of nitrogens with one attached hydrogen (secondary N) is 2. The maximum atomic E-state index is 12.2. The van der Waals surface area contributed by atoms with E-state index in [2.05, 4.69) is 10.6 Å². The predicted octanol–water partition coefficient (Wildman–Crippen LogP) is 4.85. The highest BCUT2D eigenvalue weighted by Crippen LogP contribution is 2.20. The molecule has 132 valence electrons. The van der Waals surface area contributed by atoms with E-state index in [1.54, 1.807) is 19.1 Å². The lowest BCUT2D eigenvalue weighted by atomic mass is 10.2. The van der Waals surface area contributed by atoms with E-state index in [1.165, 1.54) is 24.3 Å². The minimum atomic E-state index is -0.337. The van der Waals surface area contributed by atoms with Crippen LogP contribution in [0.2, 0.25) is 20.1 Å². The first-order valence-corrected chi connectivity index (χ1v) is 8.77. The SMILES string of the molecule is CC(CNC(=O)c1cc(Cl)cc(Cl)c1)NC(=O)c1cc(Cl)cc(Cl)c1. The normalized spacial score (nSPS) is 11.7. The number of halogens is 4. The van der Waals surface area contributed by atoms with Crippen LogP contribution in [-0.2, 0) is 0 Å². The number of hydrogen-bond donors (Lipinski definition) is 2. The van der Waals surface area contributed by atoms with Gasteiger partial charge in [-0.3, -0.25) is 9.59 Å². The summed E-state index contributed by atoms with van der Waals surface area (Å²) in [5.41, 5.74) is 0.690. The summed E-state index contributed by atoms with van der Waals surface area (Å²) < 4.78 is 0. The third-order valence-corrected chi connectivity index (χ3v) is 4.07. The Morgan fingerprint density at radius 1 is 0.800 bits per heavy atom. The van der Waals surface area contributed by atoms with Gasteiger partial charge < -0.3 is 10.6 Å². The van der Waals surface area contributed by atoms with Crippen LogP contribution in [0.15, 0.2) is 36.4 Å². The second-order valence-corrected chi connectivity index (χ2v) is 7.15. The van der Waals surface area contributed by atoms with Crippen molar-refractivity contribution in [2.75, 3.05) is 6.54 Å². The highest BCUT2D eigenvalue weighted by atomic mass is 35.5. The van der Waals surface area contributed by atoms with Gasteiger partial charge in [-0.15, -0.1) is 0 Å². The molecule has 0 aliphatic carbocycles. The second-order valence-electron chi connectivity index (χ2n) is 5.40. The van der Waals surface area contributed by atoms with Crippen LogP contribution in [0.1, 0.15) is 27.6 Å². The number of amides is 2. The van der Waals surface area contributed by atoms with E-state index in [4.69, 9.17) is 46.4 Å². The summed E-state index contributed by atoms with van der Waals surface area (Å²) in [6.07, 6.45) is 0. The van der Waals surface area contributed by atoms with E-state index in [1.807, 2.05) is 0 Å². The van der Waals surface area contributed by atoms with Crippen LogP contribution < -0.4 is 10.6 Å². The molecule has 0 saturated carbocycles. The van der Waals surface area contributed by atoms with Crippen molar-refractivity contribution in [1.29, 1.82) is 0 Å². The van der Waals surface area contributed by atoms with Crippen molar-refractivity contribution in [3.63, 3.8) is 0 Å². The Balaban J connectivity index is 1.92. The standard InChI is InChI=1S/C17H14Cl4N2O2/c1-9(23-17(25)11-4-14(20)7-15(21)5-11)8-22-16(24)10-2-12(18)6-13(19)3-10/h2-7,9H,8H2,1H3,(H,22,24)(H,23,25). The van der Waals surface area contributed by atoms with E-state index in [0.717, 1.165) is 0 Å². The zero-order chi connectivity index (χ0) is 18.6. The van der Waals surface area contributed by atoms with E-state index in [9.17, 15) is 9.59 Å². The van der Waals surface area contributed by atoms with Crippen molar-refractivity contribution in [2.24, 2.45) is 0 Å². The molecule has 0 aliphatic heterocycles. The molecule has 25 heavy (non-hydrogen) atoms. The lowest BCUT2D eigenvalue weighted by Crippen LogP contribution is -2.41. The number of carbonyl (C=O) groups excluding carboxylic acids is 2. The van der Waals surface area contributed by atoms with Gasteiger partial charge in [0, 0.05) is 43.8 Å². The molecular formula is C17H14Cl4N2O2. The molecule has 1 unspecified atom stereocenters. The van der Waals surface area contributed by atoms with Crippen molar-refractivity contribution < 1.29 is 9.59 Å². The first-order chi connectivity index (χ1) is 11.7. The number of hydrogen-bond acceptors (Lipinski definition) is 2. The van der Waals surface area contributed by atoms with Gasteiger partial charge in [0.1, 0.15) is 0 Å². The maximum absolute atomic E-state index is 12.2. The average Bonchev–Trinajstić information content (AvgIpc) is 2.50. The maximum Gasteiger partial charge on any atom is 0.251 e. The Bertz CT molecular complexity index is 771. The van der Waals surface area contributed by atoms with Gasteiger partial charge in [0.05, 0.1) is 0 Å². The van der Waals surface area contributed by atoms with Crippen molar-refractivity contribution >= 4 is 58.2 Å². The largest absolute Gasteiger partial charge is 0.350 e. The fourth-order valence-electron chi connectivity index (χ4n) is 2.08. The van der Waals surface area contributed by atoms with Gasteiger partial charge in [-0.05, 0) is 43.3 Å². The molecule has 0 spiro atoms. The van der Waals surface area contributed by atoms with Gasteiger partial charge in [-0.1, -0.05) is 46.4 Å². The van der Waals surface area contributed by atoms with Crippen LogP contribution in [0.25, 0.3) is 0 Å². The van der Waals surface area contributed by atoms with Crippen LogP contribution in [0, 0.1) is 0 Å². The zero-order valence-corrected chi connectivity index (χ0v) is 16.1. The molecule has 0 radical (unpaired) electrons. The lowest BCUT2D eigenvalue weighted by molar-refractivity contribution is 0.0912. The van der Waals surface area contributed by atoms with Crippen molar-refractivity contribution in [3.8, 4) is 0 Å². The minimum Gasteiger partial charge on any atom is -0.350 e. The molecule has 1 atom stereocenters. The summed E-state index contributed by atoms with van der Waals surface area (Å²) >= 11 is 23.5. The fraction of sp³-hybridized carbons (Fsp3) is 0.176. The van der Waals surface area contributed by atoms with Crippen LogP contribution in [-0.4, -0.2) is 24.4 Å². The van der Waals surface area contributed by atoms with Gasteiger partial charge in [-0.2, -0.15) is 0 Å². The van der Waals surface area contributed by atoms with Gasteiger partial charge in [0.15, 0.2) is 0 Å². The molecule has 2 amide bonds. The molecule has 8 heteroatoms. The Kier molecular flexibility index (Phi) is 6.96. The fourth-order valence-corrected chi connectivity index (χ4v) is 3.13. The summed E-state index contributed by atoms with van der Waals surface area (Å²) in [6, 6.07) is 8.83. The second kappa shape index (κ2) is 8.77. The van der Waals surface area contributed by atoms with Crippen LogP contribution in [0.5, 0.6) is 0 Å². The topological polar surface area (TPSA) is 58.2 Å². The molecule has 4 nitrogen and oxygen atoms in total. The van der Waals surface area contributed by atoms with Crippen LogP contribution in [0.4, 0.5) is 0 Å². The molecule has 2 rings (SSSR count). The smallest absolute Gasteiger partial charge is 0.251 e. The van der Waals surface area contributed by atoms with Crippen LogP contribution >= 0.6 is 46.4 Å². The highest BCUT2D eigenvalue weighted by Gasteiger charge is 2.13. The van der Waals surface area contributed by atoms with E-state index >= 15 is 0 Å². The molecule has 0 fully saturated rings. The van der Waals surface area contributed by atoms with Gasteiger partial charge in [-0.25, -0.2) is 0 Å². The van der Waals surface area contributed by atoms with E-state index < -0.39 is 0 Å². The Morgan fingerprint density at radius 2 is 1.20 bits per heavy atom. The highest BCUT2D eigenvalue weighted by molar-refractivity contribution is 6.35. The third-order valence-electron chi connectivity index (χ3n) is 3.20. The Labute approximate surface area is 165 Å². The van der Waals surface area contributed by atoms with Crippen molar-refractivity contribution in [2.45, 2.75) is 13.0 Å². The minimum absolute atomic E-state index is 0.225. The third kappa shape index (κ3) is 6.08. The summed E-state index contributed by atoms with van der Waals surface area (Å²) in [4.78, 5) is 24.3. The quantitative estimate of drug-likeness (QED) is 0.727. The Hall–Kier alpha value is -1.46. The van der Waals surface area contributed by atoms with Gasteiger partial charge in [0.25, 0.3) is 11.8 Å². The summed E-state index contributed by atoms with van der Waals surface area (Å²) in [5, 5.41) is 6.95. The summed E-state index contributed by atoms with van der Waals surface area (Å²) in [7, 11) is 0. The van der Waals surface area contributed by atoms with Gasteiger partial charge in [0.2, 0.25) is 0 Å². The molecule has 2 aromatic carbocycles. The number of carbonyl (C=O) groups is 2. The molecule has 0 aromatic heterocycles.